The van der Waals surface area contributed by atoms with E-state index in [9.17, 15) is 13.2 Å². The summed E-state index contributed by atoms with van der Waals surface area (Å²) in [6.07, 6.45) is 0.355. The predicted octanol–water partition coefficient (Wildman–Crippen LogP) is 3.59. The van der Waals surface area contributed by atoms with Crippen LogP contribution in [0.25, 0.3) is 21.0 Å². The fourth-order valence-electron chi connectivity index (χ4n) is 3.87. The summed E-state index contributed by atoms with van der Waals surface area (Å²) in [5, 5.41) is 3.85. The number of methoxy groups -OCH3 is 1. The number of carbonyl (C=O) groups excluding carboxylic acids is 1. The van der Waals surface area contributed by atoms with Gasteiger partial charge in [0.2, 0.25) is 15.9 Å². The van der Waals surface area contributed by atoms with Gasteiger partial charge in [-0.05, 0) is 52.9 Å². The van der Waals surface area contributed by atoms with Gasteiger partial charge in [-0.3, -0.25) is 4.79 Å². The molecule has 1 N–H and O–H groups in total. The molecule has 2 aromatic carbocycles. The standard InChI is InChI=1S/C22H19ClN4O4S2/c1-31-15-4-2-13-3-5-16(11-14(13)10-15)33(29,30)26-18-6-8-27(22(18)28)12-19-24-17-7-9-32-20(17)21(23)25-19/h2-5,7,9-11,18,26H,6,8,12H2,1H3. The summed E-state index contributed by atoms with van der Waals surface area (Å²) in [7, 11) is -2.35. The molecule has 0 spiro atoms. The number of hydrogen-bond donors (Lipinski definition) is 1. The third-order valence-corrected chi connectivity index (χ3v) is 8.33. The van der Waals surface area contributed by atoms with Gasteiger partial charge < -0.3 is 9.64 Å². The minimum atomic E-state index is -3.90. The van der Waals surface area contributed by atoms with Gasteiger partial charge >= 0.3 is 0 Å². The Morgan fingerprint density at radius 2 is 2.00 bits per heavy atom. The van der Waals surface area contributed by atoms with Crippen LogP contribution in [0, 0.1) is 0 Å². The number of halogens is 1. The Balaban J connectivity index is 1.33. The first kappa shape index (κ1) is 22.0. The summed E-state index contributed by atoms with van der Waals surface area (Å²) in [4.78, 5) is 23.3. The lowest BCUT2D eigenvalue weighted by Gasteiger charge is -2.17. The van der Waals surface area contributed by atoms with E-state index in [0.29, 0.717) is 29.7 Å². The van der Waals surface area contributed by atoms with Gasteiger partial charge in [-0.15, -0.1) is 11.3 Å². The van der Waals surface area contributed by atoms with Gasteiger partial charge in [-0.2, -0.15) is 4.72 Å². The van der Waals surface area contributed by atoms with Crippen LogP contribution in [0.2, 0.25) is 5.15 Å². The number of carbonyl (C=O) groups is 1. The van der Waals surface area contributed by atoms with Gasteiger partial charge in [0, 0.05) is 6.54 Å². The van der Waals surface area contributed by atoms with Crippen LogP contribution in [0.15, 0.2) is 52.7 Å². The Labute approximate surface area is 199 Å². The quantitative estimate of drug-likeness (QED) is 0.404. The van der Waals surface area contributed by atoms with Crippen molar-refractivity contribution in [2.75, 3.05) is 13.7 Å². The highest BCUT2D eigenvalue weighted by atomic mass is 35.5. The van der Waals surface area contributed by atoms with Crippen LogP contribution in [0.4, 0.5) is 0 Å². The number of aromatic nitrogens is 2. The molecule has 170 valence electrons. The minimum Gasteiger partial charge on any atom is -0.497 e. The molecule has 0 aliphatic carbocycles. The number of rotatable bonds is 6. The molecule has 0 radical (unpaired) electrons. The van der Waals surface area contributed by atoms with Crippen LogP contribution in [0.1, 0.15) is 12.2 Å². The summed E-state index contributed by atoms with van der Waals surface area (Å²) in [6.45, 7) is 0.557. The van der Waals surface area contributed by atoms with Crippen LogP contribution < -0.4 is 9.46 Å². The summed E-state index contributed by atoms with van der Waals surface area (Å²) in [6, 6.07) is 11.3. The average Bonchev–Trinajstić information content (AvgIpc) is 3.41. The monoisotopic (exact) mass is 502 g/mol. The summed E-state index contributed by atoms with van der Waals surface area (Å²) >= 11 is 7.68. The lowest BCUT2D eigenvalue weighted by molar-refractivity contribution is -0.129. The highest BCUT2D eigenvalue weighted by molar-refractivity contribution is 7.89. The van der Waals surface area contributed by atoms with Crippen molar-refractivity contribution in [2.45, 2.75) is 23.9 Å². The number of nitrogens with zero attached hydrogens (tertiary/aromatic N) is 3. The van der Waals surface area contributed by atoms with E-state index in [1.54, 1.807) is 30.2 Å². The van der Waals surface area contributed by atoms with Gasteiger partial charge in [0.25, 0.3) is 0 Å². The maximum absolute atomic E-state index is 13.0. The number of benzene rings is 2. The smallest absolute Gasteiger partial charge is 0.241 e. The van der Waals surface area contributed by atoms with Crippen LogP contribution >= 0.6 is 22.9 Å². The van der Waals surface area contributed by atoms with Crippen molar-refractivity contribution in [2.24, 2.45) is 0 Å². The van der Waals surface area contributed by atoms with E-state index >= 15 is 0 Å². The first-order valence-corrected chi connectivity index (χ1v) is 12.9. The van der Waals surface area contributed by atoms with Gasteiger partial charge in [-0.1, -0.05) is 23.7 Å². The minimum absolute atomic E-state index is 0.0903. The second kappa shape index (κ2) is 8.53. The molecule has 8 nitrogen and oxygen atoms in total. The molecule has 1 amide bonds. The fraction of sp³-hybridized carbons (Fsp3) is 0.227. The van der Waals surface area contributed by atoms with E-state index in [2.05, 4.69) is 14.7 Å². The molecule has 11 heteroatoms. The Hall–Kier alpha value is -2.79. The zero-order valence-corrected chi connectivity index (χ0v) is 19.9. The molecule has 1 aliphatic heterocycles. The lowest BCUT2D eigenvalue weighted by Crippen LogP contribution is -2.41. The highest BCUT2D eigenvalue weighted by Crippen LogP contribution is 2.27. The summed E-state index contributed by atoms with van der Waals surface area (Å²) in [5.41, 5.74) is 0.729. The van der Waals surface area contributed by atoms with Crippen molar-refractivity contribution >= 4 is 59.9 Å². The Morgan fingerprint density at radius 3 is 2.82 bits per heavy atom. The average molecular weight is 503 g/mol. The van der Waals surface area contributed by atoms with Gasteiger partial charge in [-0.25, -0.2) is 18.4 Å². The van der Waals surface area contributed by atoms with Crippen LogP contribution in [0.3, 0.4) is 0 Å². The molecule has 5 rings (SSSR count). The highest BCUT2D eigenvalue weighted by Gasteiger charge is 2.35. The maximum Gasteiger partial charge on any atom is 0.241 e. The molecule has 33 heavy (non-hydrogen) atoms. The molecule has 2 aromatic heterocycles. The molecule has 0 bridgehead atoms. The lowest BCUT2D eigenvalue weighted by atomic mass is 10.1. The third kappa shape index (κ3) is 4.26. The molecule has 0 saturated carbocycles. The number of amides is 1. The van der Waals surface area contributed by atoms with Gasteiger partial charge in [0.05, 0.1) is 28.8 Å². The van der Waals surface area contributed by atoms with Crippen molar-refractivity contribution in [1.29, 1.82) is 0 Å². The molecular weight excluding hydrogens is 484 g/mol. The van der Waals surface area contributed by atoms with E-state index in [0.717, 1.165) is 21.0 Å². The number of ether oxygens (including phenoxy) is 1. The third-order valence-electron chi connectivity index (χ3n) is 5.56. The Bertz CT molecular complexity index is 1490. The number of thiophene rings is 1. The normalized spacial score (nSPS) is 16.7. The largest absolute Gasteiger partial charge is 0.497 e. The molecule has 1 aliphatic rings. The first-order valence-electron chi connectivity index (χ1n) is 10.1. The topological polar surface area (TPSA) is 101 Å². The number of fused-ring (bicyclic) bond motifs is 2. The summed E-state index contributed by atoms with van der Waals surface area (Å²) in [5.74, 6) is 0.743. The summed E-state index contributed by atoms with van der Waals surface area (Å²) < 4.78 is 34.6. The van der Waals surface area contributed by atoms with Crippen molar-refractivity contribution in [3.05, 3.63) is 58.8 Å². The van der Waals surface area contributed by atoms with Crippen molar-refractivity contribution in [3.63, 3.8) is 0 Å². The number of hydrogen-bond acceptors (Lipinski definition) is 7. The van der Waals surface area contributed by atoms with E-state index in [-0.39, 0.29) is 17.3 Å². The molecule has 1 atom stereocenters. The van der Waals surface area contributed by atoms with Crippen molar-refractivity contribution < 1.29 is 17.9 Å². The SMILES string of the molecule is COc1ccc2ccc(S(=O)(=O)NC3CCN(Cc4nc(Cl)c5sccc5n4)C3=O)cc2c1. The van der Waals surface area contributed by atoms with Crippen LogP contribution in [-0.2, 0) is 21.4 Å². The fourth-order valence-corrected chi connectivity index (χ4v) is 6.17. The number of nitrogens with one attached hydrogen (secondary N) is 1. The molecule has 3 heterocycles. The first-order chi connectivity index (χ1) is 15.8. The van der Waals surface area contributed by atoms with Crippen molar-refractivity contribution in [1.82, 2.24) is 19.6 Å². The molecule has 4 aromatic rings. The number of likely N-dealkylation sites (tertiary alicyclic amines) is 1. The van der Waals surface area contributed by atoms with E-state index in [4.69, 9.17) is 16.3 Å². The van der Waals surface area contributed by atoms with E-state index in [1.165, 1.54) is 17.4 Å². The van der Waals surface area contributed by atoms with Crippen molar-refractivity contribution in [3.8, 4) is 5.75 Å². The zero-order valence-electron chi connectivity index (χ0n) is 17.5. The second-order valence-corrected chi connectivity index (χ2v) is 10.7. The molecule has 1 unspecified atom stereocenters. The molecule has 1 saturated heterocycles. The van der Waals surface area contributed by atoms with E-state index < -0.39 is 16.1 Å². The van der Waals surface area contributed by atoms with Gasteiger partial charge in [0.1, 0.15) is 17.6 Å². The molecule has 1 fully saturated rings. The second-order valence-electron chi connectivity index (χ2n) is 7.66. The zero-order chi connectivity index (χ0) is 23.2. The Kier molecular flexibility index (Phi) is 5.69. The molecular formula is C22H19ClN4O4S2. The Morgan fingerprint density at radius 1 is 1.18 bits per heavy atom. The van der Waals surface area contributed by atoms with E-state index in [1.807, 2.05) is 23.6 Å². The van der Waals surface area contributed by atoms with Crippen LogP contribution in [-0.4, -0.2) is 48.9 Å². The van der Waals surface area contributed by atoms with Crippen LogP contribution in [0.5, 0.6) is 5.75 Å². The van der Waals surface area contributed by atoms with Gasteiger partial charge in [0.15, 0.2) is 5.15 Å². The number of sulfonamides is 1. The maximum atomic E-state index is 13.0. The predicted molar refractivity (Wildman–Crippen MR) is 127 cm³/mol.